The third kappa shape index (κ3) is 2.60. The van der Waals surface area contributed by atoms with E-state index in [-0.39, 0.29) is 6.61 Å². The van der Waals surface area contributed by atoms with Gasteiger partial charge < -0.3 is 9.67 Å². The van der Waals surface area contributed by atoms with E-state index >= 15 is 0 Å². The van der Waals surface area contributed by atoms with E-state index < -0.39 is 0 Å². The predicted octanol–water partition coefficient (Wildman–Crippen LogP) is 2.88. The highest BCUT2D eigenvalue weighted by Gasteiger charge is 2.06. The molecule has 4 heteroatoms. The van der Waals surface area contributed by atoms with Crippen molar-refractivity contribution in [3.05, 3.63) is 52.5 Å². The Morgan fingerprint density at radius 1 is 1.25 bits per heavy atom. The zero-order chi connectivity index (χ0) is 13.8. The standard InChI is InChI=1S/C16H14N2OS/c19-9-4-3-5-13-8-10-20-16(13)11-18-12-17-14-6-1-2-7-15(14)18/h1-2,6-8,10,12,19H,4,9,11H2. The molecule has 20 heavy (non-hydrogen) atoms. The lowest BCUT2D eigenvalue weighted by Gasteiger charge is -2.02. The van der Waals surface area contributed by atoms with Crippen LogP contribution in [0.3, 0.4) is 0 Å². The number of thiophene rings is 1. The van der Waals surface area contributed by atoms with Crippen LogP contribution in [0.15, 0.2) is 42.0 Å². The molecule has 0 amide bonds. The van der Waals surface area contributed by atoms with Gasteiger partial charge in [-0.25, -0.2) is 4.98 Å². The van der Waals surface area contributed by atoms with Gasteiger partial charge in [0.05, 0.1) is 30.5 Å². The topological polar surface area (TPSA) is 38.0 Å². The van der Waals surface area contributed by atoms with E-state index in [1.165, 1.54) is 4.88 Å². The summed E-state index contributed by atoms with van der Waals surface area (Å²) in [5.41, 5.74) is 3.19. The maximum absolute atomic E-state index is 8.78. The quantitative estimate of drug-likeness (QED) is 0.750. The Kier molecular flexibility index (Phi) is 3.82. The van der Waals surface area contributed by atoms with Crippen LogP contribution < -0.4 is 0 Å². The van der Waals surface area contributed by atoms with Crippen LogP contribution in [0, 0.1) is 11.8 Å². The Labute approximate surface area is 121 Å². The van der Waals surface area contributed by atoms with Gasteiger partial charge in [0, 0.05) is 16.9 Å². The molecule has 1 aromatic carbocycles. The van der Waals surface area contributed by atoms with Crippen molar-refractivity contribution in [3.8, 4) is 11.8 Å². The van der Waals surface area contributed by atoms with E-state index in [1.807, 2.05) is 30.6 Å². The molecule has 0 aliphatic carbocycles. The summed E-state index contributed by atoms with van der Waals surface area (Å²) in [6.45, 7) is 0.889. The number of benzene rings is 1. The minimum absolute atomic E-state index is 0.110. The Balaban J connectivity index is 1.89. The number of aliphatic hydroxyl groups is 1. The molecule has 0 saturated heterocycles. The molecule has 1 N–H and O–H groups in total. The summed E-state index contributed by atoms with van der Waals surface area (Å²) in [5, 5.41) is 10.8. The monoisotopic (exact) mass is 282 g/mol. The second-order valence-corrected chi connectivity index (χ2v) is 5.39. The molecule has 0 aliphatic heterocycles. The predicted molar refractivity (Wildman–Crippen MR) is 81.7 cm³/mol. The van der Waals surface area contributed by atoms with Crippen LogP contribution in [0.25, 0.3) is 11.0 Å². The molecule has 0 radical (unpaired) electrons. The lowest BCUT2D eigenvalue weighted by molar-refractivity contribution is 0.305. The zero-order valence-electron chi connectivity index (χ0n) is 10.9. The first kappa shape index (κ1) is 12.9. The van der Waals surface area contributed by atoms with Gasteiger partial charge in [0.1, 0.15) is 0 Å². The Morgan fingerprint density at radius 2 is 2.15 bits per heavy atom. The minimum Gasteiger partial charge on any atom is -0.395 e. The SMILES string of the molecule is OCCC#Cc1ccsc1Cn1cnc2ccccc21. The van der Waals surface area contributed by atoms with Crippen LogP contribution in [-0.2, 0) is 6.54 Å². The number of imidazole rings is 1. The lowest BCUT2D eigenvalue weighted by atomic mass is 10.2. The Bertz CT molecular complexity index is 776. The molecule has 0 fully saturated rings. The maximum atomic E-state index is 8.78. The fourth-order valence-electron chi connectivity index (χ4n) is 2.08. The second-order valence-electron chi connectivity index (χ2n) is 4.39. The summed E-state index contributed by atoms with van der Waals surface area (Å²) >= 11 is 1.70. The zero-order valence-corrected chi connectivity index (χ0v) is 11.7. The molecule has 100 valence electrons. The summed E-state index contributed by atoms with van der Waals surface area (Å²) in [7, 11) is 0. The first-order valence-corrected chi connectivity index (χ1v) is 7.32. The average molecular weight is 282 g/mol. The van der Waals surface area contributed by atoms with Gasteiger partial charge in [-0.15, -0.1) is 11.3 Å². The third-order valence-corrected chi connectivity index (χ3v) is 3.95. The summed E-state index contributed by atoms with van der Waals surface area (Å²) in [5.74, 6) is 6.10. The van der Waals surface area contributed by atoms with Gasteiger partial charge in [-0.3, -0.25) is 0 Å². The van der Waals surface area contributed by atoms with Gasteiger partial charge in [0.2, 0.25) is 0 Å². The molecule has 0 spiro atoms. The third-order valence-electron chi connectivity index (χ3n) is 3.05. The van der Waals surface area contributed by atoms with Gasteiger partial charge in [0.15, 0.2) is 0 Å². The van der Waals surface area contributed by atoms with Gasteiger partial charge in [-0.1, -0.05) is 24.0 Å². The summed E-state index contributed by atoms with van der Waals surface area (Å²) in [4.78, 5) is 5.62. The molecule has 3 aromatic rings. The summed E-state index contributed by atoms with van der Waals surface area (Å²) < 4.78 is 2.14. The van der Waals surface area contributed by atoms with Gasteiger partial charge in [-0.05, 0) is 23.6 Å². The number of hydrogen-bond acceptors (Lipinski definition) is 3. The highest BCUT2D eigenvalue weighted by Crippen LogP contribution is 2.20. The molecule has 0 saturated carbocycles. The van der Waals surface area contributed by atoms with E-state index in [0.29, 0.717) is 6.42 Å². The van der Waals surface area contributed by atoms with Crippen molar-refractivity contribution < 1.29 is 5.11 Å². The summed E-state index contributed by atoms with van der Waals surface area (Å²) in [6.07, 6.45) is 2.39. The lowest BCUT2D eigenvalue weighted by Crippen LogP contribution is -1.97. The van der Waals surface area contributed by atoms with Crippen molar-refractivity contribution in [1.82, 2.24) is 9.55 Å². The Morgan fingerprint density at radius 3 is 3.05 bits per heavy atom. The van der Waals surface area contributed by atoms with Crippen LogP contribution >= 0.6 is 11.3 Å². The molecule has 2 heterocycles. The number of hydrogen-bond donors (Lipinski definition) is 1. The number of nitrogens with zero attached hydrogens (tertiary/aromatic N) is 2. The number of aliphatic hydroxyl groups excluding tert-OH is 1. The highest BCUT2D eigenvalue weighted by atomic mass is 32.1. The molecule has 0 bridgehead atoms. The molecule has 0 unspecified atom stereocenters. The van der Waals surface area contributed by atoms with Gasteiger partial charge >= 0.3 is 0 Å². The van der Waals surface area contributed by atoms with Crippen molar-refractivity contribution >= 4 is 22.4 Å². The Hall–Kier alpha value is -2.09. The molecule has 2 aromatic heterocycles. The van der Waals surface area contributed by atoms with Crippen LogP contribution in [-0.4, -0.2) is 21.3 Å². The van der Waals surface area contributed by atoms with E-state index in [1.54, 1.807) is 11.3 Å². The fourth-order valence-corrected chi connectivity index (χ4v) is 2.91. The van der Waals surface area contributed by atoms with E-state index in [0.717, 1.165) is 23.1 Å². The van der Waals surface area contributed by atoms with Crippen LogP contribution in [0.1, 0.15) is 16.9 Å². The summed E-state index contributed by atoms with van der Waals surface area (Å²) in [6, 6.07) is 10.1. The molecular weight excluding hydrogens is 268 g/mol. The number of para-hydroxylation sites is 2. The van der Waals surface area contributed by atoms with Crippen molar-refractivity contribution in [1.29, 1.82) is 0 Å². The smallest absolute Gasteiger partial charge is 0.0961 e. The highest BCUT2D eigenvalue weighted by molar-refractivity contribution is 7.10. The first-order chi connectivity index (χ1) is 9.88. The molecular formula is C16H14N2OS. The second kappa shape index (κ2) is 5.91. The van der Waals surface area contributed by atoms with Crippen molar-refractivity contribution in [2.45, 2.75) is 13.0 Å². The van der Waals surface area contributed by atoms with E-state index in [2.05, 4.69) is 32.8 Å². The molecule has 0 atom stereocenters. The number of rotatable bonds is 3. The van der Waals surface area contributed by atoms with Crippen molar-refractivity contribution in [2.24, 2.45) is 0 Å². The van der Waals surface area contributed by atoms with E-state index in [9.17, 15) is 0 Å². The van der Waals surface area contributed by atoms with Crippen molar-refractivity contribution in [3.63, 3.8) is 0 Å². The first-order valence-electron chi connectivity index (χ1n) is 6.44. The minimum atomic E-state index is 0.110. The largest absolute Gasteiger partial charge is 0.395 e. The van der Waals surface area contributed by atoms with Crippen molar-refractivity contribution in [2.75, 3.05) is 6.61 Å². The van der Waals surface area contributed by atoms with E-state index in [4.69, 9.17) is 5.11 Å². The van der Waals surface area contributed by atoms with Crippen LogP contribution in [0.2, 0.25) is 0 Å². The maximum Gasteiger partial charge on any atom is 0.0961 e. The normalized spacial score (nSPS) is 10.4. The van der Waals surface area contributed by atoms with Gasteiger partial charge in [0.25, 0.3) is 0 Å². The van der Waals surface area contributed by atoms with Crippen LogP contribution in [0.4, 0.5) is 0 Å². The fraction of sp³-hybridized carbons (Fsp3) is 0.188. The number of aromatic nitrogens is 2. The van der Waals surface area contributed by atoms with Crippen LogP contribution in [0.5, 0.6) is 0 Å². The average Bonchev–Trinajstić information content (AvgIpc) is 3.08. The molecule has 3 nitrogen and oxygen atoms in total. The molecule has 0 aliphatic rings. The van der Waals surface area contributed by atoms with Gasteiger partial charge in [-0.2, -0.15) is 0 Å². The molecule has 3 rings (SSSR count). The number of fused-ring (bicyclic) bond motifs is 1.